The maximum absolute atomic E-state index is 12.8. The minimum Gasteiger partial charge on any atom is -0.312 e. The lowest BCUT2D eigenvalue weighted by atomic mass is 10.1. The lowest BCUT2D eigenvalue weighted by Crippen LogP contribution is -2.33. The van der Waals surface area contributed by atoms with Crippen molar-refractivity contribution >= 4 is 38.9 Å². The number of benzene rings is 2. The van der Waals surface area contributed by atoms with Gasteiger partial charge in [0.25, 0.3) is 10.0 Å². The van der Waals surface area contributed by atoms with Crippen LogP contribution >= 0.6 is 11.6 Å². The lowest BCUT2D eigenvalue weighted by Gasteiger charge is -2.21. The summed E-state index contributed by atoms with van der Waals surface area (Å²) in [7, 11) is -3.71. The minimum absolute atomic E-state index is 0.102. The largest absolute Gasteiger partial charge is 0.312 e. The molecule has 1 saturated carbocycles. The van der Waals surface area contributed by atoms with Crippen LogP contribution in [0.25, 0.3) is 0 Å². The van der Waals surface area contributed by atoms with Crippen LogP contribution in [0.1, 0.15) is 31.2 Å². The highest BCUT2D eigenvalue weighted by atomic mass is 35.5. The molecule has 1 heterocycles. The molecule has 0 aromatic heterocycles. The van der Waals surface area contributed by atoms with Crippen molar-refractivity contribution in [3.63, 3.8) is 0 Å². The fourth-order valence-electron chi connectivity index (χ4n) is 3.89. The molecule has 27 heavy (non-hydrogen) atoms. The first-order valence-corrected chi connectivity index (χ1v) is 11.0. The third kappa shape index (κ3) is 3.69. The second kappa shape index (κ2) is 7.17. The molecule has 0 saturated heterocycles. The van der Waals surface area contributed by atoms with Crippen LogP contribution in [-0.2, 0) is 21.2 Å². The van der Waals surface area contributed by atoms with Gasteiger partial charge >= 0.3 is 0 Å². The minimum atomic E-state index is -3.71. The molecular weight excluding hydrogens is 384 g/mol. The van der Waals surface area contributed by atoms with Crippen molar-refractivity contribution in [2.45, 2.75) is 37.0 Å². The molecule has 1 N–H and O–H groups in total. The number of fused-ring (bicyclic) bond motifs is 1. The van der Waals surface area contributed by atoms with Crippen LogP contribution in [0.5, 0.6) is 0 Å². The van der Waals surface area contributed by atoms with Gasteiger partial charge in [0.1, 0.15) is 0 Å². The fraction of sp³-hybridized carbons (Fsp3) is 0.350. The smallest absolute Gasteiger partial charge is 0.261 e. The third-order valence-corrected chi connectivity index (χ3v) is 6.98. The van der Waals surface area contributed by atoms with Gasteiger partial charge in [0.05, 0.1) is 10.6 Å². The van der Waals surface area contributed by atoms with Gasteiger partial charge in [-0.1, -0.05) is 30.5 Å². The van der Waals surface area contributed by atoms with E-state index in [1.165, 1.54) is 12.1 Å². The summed E-state index contributed by atoms with van der Waals surface area (Å²) in [4.78, 5) is 14.8. The van der Waals surface area contributed by atoms with E-state index in [0.717, 1.165) is 43.4 Å². The van der Waals surface area contributed by atoms with Gasteiger partial charge in [-0.2, -0.15) is 0 Å². The van der Waals surface area contributed by atoms with Crippen LogP contribution in [-0.4, -0.2) is 20.9 Å². The molecule has 1 aliphatic carbocycles. The van der Waals surface area contributed by atoms with Crippen molar-refractivity contribution in [1.29, 1.82) is 0 Å². The SMILES string of the molecule is O=C(C1CCCC1)N1CCc2ccc(NS(=O)(=O)c3ccc(Cl)cc3)cc21. The fourth-order valence-corrected chi connectivity index (χ4v) is 5.07. The Labute approximate surface area is 164 Å². The number of hydrogen-bond donors (Lipinski definition) is 1. The van der Waals surface area contributed by atoms with Gasteiger partial charge in [0.15, 0.2) is 0 Å². The lowest BCUT2D eigenvalue weighted by molar-refractivity contribution is -0.122. The number of carbonyl (C=O) groups is 1. The first-order chi connectivity index (χ1) is 12.9. The monoisotopic (exact) mass is 404 g/mol. The van der Waals surface area contributed by atoms with Crippen molar-refractivity contribution in [2.75, 3.05) is 16.2 Å². The van der Waals surface area contributed by atoms with Crippen molar-refractivity contribution in [3.8, 4) is 0 Å². The summed E-state index contributed by atoms with van der Waals surface area (Å²) in [5.74, 6) is 0.273. The first-order valence-electron chi connectivity index (χ1n) is 9.17. The van der Waals surface area contributed by atoms with Crippen LogP contribution < -0.4 is 9.62 Å². The number of halogens is 1. The molecule has 0 bridgehead atoms. The molecule has 0 atom stereocenters. The van der Waals surface area contributed by atoms with Crippen molar-refractivity contribution in [1.82, 2.24) is 0 Å². The number of nitrogens with zero attached hydrogens (tertiary/aromatic N) is 1. The van der Waals surface area contributed by atoms with E-state index in [0.29, 0.717) is 17.3 Å². The molecule has 7 heteroatoms. The summed E-state index contributed by atoms with van der Waals surface area (Å²) in [5, 5.41) is 0.479. The van der Waals surface area contributed by atoms with E-state index in [1.807, 2.05) is 11.0 Å². The second-order valence-corrected chi connectivity index (χ2v) is 9.24. The Morgan fingerprint density at radius 2 is 1.78 bits per heavy atom. The number of hydrogen-bond acceptors (Lipinski definition) is 3. The number of sulfonamides is 1. The second-order valence-electron chi connectivity index (χ2n) is 7.12. The normalized spacial score (nSPS) is 17.1. The summed E-state index contributed by atoms with van der Waals surface area (Å²) >= 11 is 5.83. The van der Waals surface area contributed by atoms with Gasteiger partial charge in [-0.05, 0) is 61.2 Å². The maximum Gasteiger partial charge on any atom is 0.261 e. The van der Waals surface area contributed by atoms with Crippen LogP contribution in [0.2, 0.25) is 5.02 Å². The van der Waals surface area contributed by atoms with E-state index < -0.39 is 10.0 Å². The Morgan fingerprint density at radius 1 is 1.07 bits per heavy atom. The van der Waals surface area contributed by atoms with E-state index in [2.05, 4.69) is 4.72 Å². The Kier molecular flexibility index (Phi) is 4.86. The molecule has 2 aromatic rings. The van der Waals surface area contributed by atoms with E-state index in [-0.39, 0.29) is 16.7 Å². The molecule has 5 nitrogen and oxygen atoms in total. The number of rotatable bonds is 4. The highest BCUT2D eigenvalue weighted by Gasteiger charge is 2.32. The van der Waals surface area contributed by atoms with E-state index >= 15 is 0 Å². The van der Waals surface area contributed by atoms with Crippen molar-refractivity contribution < 1.29 is 13.2 Å². The summed E-state index contributed by atoms with van der Waals surface area (Å²) < 4.78 is 27.8. The Bertz CT molecular complexity index is 967. The van der Waals surface area contributed by atoms with Gasteiger partial charge in [0, 0.05) is 23.2 Å². The number of anilines is 2. The molecule has 4 rings (SSSR count). The Morgan fingerprint density at radius 3 is 2.48 bits per heavy atom. The molecule has 0 spiro atoms. The average molecular weight is 405 g/mol. The Balaban J connectivity index is 1.58. The zero-order valence-electron chi connectivity index (χ0n) is 14.8. The zero-order valence-corrected chi connectivity index (χ0v) is 16.4. The average Bonchev–Trinajstić information content (AvgIpc) is 3.31. The van der Waals surface area contributed by atoms with Gasteiger partial charge in [-0.25, -0.2) is 8.42 Å². The van der Waals surface area contributed by atoms with E-state index in [1.54, 1.807) is 24.3 Å². The molecule has 1 amide bonds. The van der Waals surface area contributed by atoms with Crippen LogP contribution in [0, 0.1) is 5.92 Å². The van der Waals surface area contributed by atoms with Crippen LogP contribution in [0.15, 0.2) is 47.4 Å². The van der Waals surface area contributed by atoms with Crippen LogP contribution in [0.3, 0.4) is 0 Å². The van der Waals surface area contributed by atoms with E-state index in [9.17, 15) is 13.2 Å². The molecule has 1 aliphatic heterocycles. The van der Waals surface area contributed by atoms with Gasteiger partial charge in [0.2, 0.25) is 5.91 Å². The molecule has 2 aromatic carbocycles. The number of amides is 1. The van der Waals surface area contributed by atoms with Gasteiger partial charge in [-0.15, -0.1) is 0 Å². The molecule has 1 fully saturated rings. The molecular formula is C20H21ClN2O3S. The summed E-state index contributed by atoms with van der Waals surface area (Å²) in [6.45, 7) is 0.665. The number of carbonyl (C=O) groups excluding carboxylic acids is 1. The molecule has 142 valence electrons. The molecule has 0 unspecified atom stereocenters. The molecule has 2 aliphatic rings. The standard InChI is InChI=1S/C20H21ClN2O3S/c21-16-6-9-18(10-7-16)27(25,26)22-17-8-5-14-11-12-23(19(14)13-17)20(24)15-3-1-2-4-15/h5-10,13,15,22H,1-4,11-12H2. The summed E-state index contributed by atoms with van der Waals surface area (Å²) in [5.41, 5.74) is 2.36. The first kappa shape index (κ1) is 18.3. The van der Waals surface area contributed by atoms with Gasteiger partial charge < -0.3 is 4.90 Å². The third-order valence-electron chi connectivity index (χ3n) is 5.33. The maximum atomic E-state index is 12.8. The van der Waals surface area contributed by atoms with E-state index in [4.69, 9.17) is 11.6 Å². The van der Waals surface area contributed by atoms with Crippen molar-refractivity contribution in [2.24, 2.45) is 5.92 Å². The summed E-state index contributed by atoms with van der Waals surface area (Å²) in [6, 6.07) is 11.4. The number of nitrogens with one attached hydrogen (secondary N) is 1. The van der Waals surface area contributed by atoms with Crippen molar-refractivity contribution in [3.05, 3.63) is 53.1 Å². The predicted octanol–water partition coefficient (Wildman–Crippen LogP) is 4.22. The van der Waals surface area contributed by atoms with Gasteiger partial charge in [-0.3, -0.25) is 9.52 Å². The molecule has 0 radical (unpaired) electrons. The quantitative estimate of drug-likeness (QED) is 0.829. The summed E-state index contributed by atoms with van der Waals surface area (Å²) in [6.07, 6.45) is 4.93. The topological polar surface area (TPSA) is 66.5 Å². The highest BCUT2D eigenvalue weighted by Crippen LogP contribution is 2.35. The van der Waals surface area contributed by atoms with Crippen LogP contribution in [0.4, 0.5) is 11.4 Å². The highest BCUT2D eigenvalue weighted by molar-refractivity contribution is 7.92. The zero-order chi connectivity index (χ0) is 19.0. The Hall–Kier alpha value is -2.05. The predicted molar refractivity (Wildman–Crippen MR) is 107 cm³/mol.